The Balaban J connectivity index is 0.000000129. The molecule has 16 nitrogen and oxygen atoms in total. The molecule has 16 rings (SSSR count). The number of aromatic amines is 3. The summed E-state index contributed by atoms with van der Waals surface area (Å²) in [4.78, 5) is 65.4. The molecule has 101 heavy (non-hydrogen) atoms. The van der Waals surface area contributed by atoms with E-state index in [2.05, 4.69) is 77.4 Å². The van der Waals surface area contributed by atoms with E-state index in [9.17, 15) is 14.4 Å². The number of rotatable bonds is 11. The fraction of sp³-hybridized carbons (Fsp3) is 0.451. The highest BCUT2D eigenvalue weighted by molar-refractivity contribution is 6.13. The molecule has 4 saturated heterocycles. The first kappa shape index (κ1) is 69.5. The molecule has 0 radical (unpaired) electrons. The van der Waals surface area contributed by atoms with Crippen LogP contribution in [0.15, 0.2) is 87.2 Å². The summed E-state index contributed by atoms with van der Waals surface area (Å²) in [7, 11) is 2.10. The number of benzene rings is 6. The number of halogens is 3. The van der Waals surface area contributed by atoms with Crippen molar-refractivity contribution in [1.82, 2.24) is 43.4 Å². The molecule has 3 N–H and O–H groups in total. The third-order valence-corrected chi connectivity index (χ3v) is 22.2. The Bertz CT molecular complexity index is 5430. The summed E-state index contributed by atoms with van der Waals surface area (Å²) < 4.78 is 61.0. The molecule has 0 aliphatic carbocycles. The van der Waals surface area contributed by atoms with Crippen LogP contribution in [-0.4, -0.2) is 154 Å². The molecule has 6 aromatic carbocycles. The SMILES string of the molecule is CCc1cc2c(=O)c3c4ccc(C)cc4[nH]c3n(C(C)C)c2c(F)c1N1CCN(C(C)C)CC1.CCc1cc2c(=O)c3c4ccc(C)cc4[nH]c3n(C(C)C)c2c(F)c1N1CCN(C)CC1.CCc1cc2c(=O)c3c4ccc(C)cc4[nH]c3n(C(C)C)c2c(F)c1N1CCN(C2COC2)CC1. The minimum absolute atomic E-state index is 0.0166. The van der Waals surface area contributed by atoms with Gasteiger partial charge in [-0.1, -0.05) is 57.2 Å². The Morgan fingerprint density at radius 3 is 1.00 bits per heavy atom. The predicted molar refractivity (Wildman–Crippen MR) is 413 cm³/mol. The topological polar surface area (TPSA) is 142 Å². The molecule has 0 atom stereocenters. The molecule has 12 aromatic rings. The Morgan fingerprint density at radius 1 is 0.416 bits per heavy atom. The number of nitrogens with one attached hydrogen (secondary N) is 3. The largest absolute Gasteiger partial charge is 0.378 e. The molecular formula is C82H99F3N12O4. The number of nitrogens with zero attached hydrogens (tertiary/aromatic N) is 9. The lowest BCUT2D eigenvalue weighted by atomic mass is 10.0. The molecule has 0 spiro atoms. The lowest BCUT2D eigenvalue weighted by Crippen LogP contribution is -2.56. The monoisotopic (exact) mass is 1370 g/mol. The summed E-state index contributed by atoms with van der Waals surface area (Å²) in [6, 6.07) is 25.0. The standard InChI is InChI=1S/C28H33FN4O2.C28H35FN4O.C26H31FN4O/c1-5-18-13-21-26(24(29)25(18)32-10-8-31(9-11-32)19-14-35-15-19)33(16(2)3)28-23(27(21)34)20-7-6-17(4)12-22(20)30-28;1-7-19-15-21-26(24(29)25(19)32-12-10-31(11-13-32)16(2)3)33(17(4)5)28-23(27(21)34)20-9-8-18(6)14-22(20)30-28;1-6-17-14-19-24(22(27)23(17)30-11-9-29(5)10-12-30)31(15(2)3)26-21(25(19)32)18-8-7-16(4)13-20(18)28-26/h6-7,12-13,16,19,30H,5,8-11,14-15H2,1-4H3;8-9,14-17,30H,7,10-13H2,1-6H3;7-8,13-15,28H,6,9-12H2,1-5H3. The summed E-state index contributed by atoms with van der Waals surface area (Å²) in [5.74, 6) is -0.816. The molecule has 4 fully saturated rings. The van der Waals surface area contributed by atoms with E-state index in [1.54, 1.807) is 0 Å². The minimum atomic E-state index is -0.276. The second kappa shape index (κ2) is 27.3. The van der Waals surface area contributed by atoms with E-state index < -0.39 is 0 Å². The number of anilines is 3. The number of piperazine rings is 3. The van der Waals surface area contributed by atoms with Crippen molar-refractivity contribution < 1.29 is 17.9 Å². The Kier molecular flexibility index (Phi) is 18.8. The number of fused-ring (bicyclic) bond motifs is 12. The van der Waals surface area contributed by atoms with Crippen molar-refractivity contribution >= 4 is 116 Å². The fourth-order valence-corrected chi connectivity index (χ4v) is 16.8. The molecule has 4 aliphatic rings. The van der Waals surface area contributed by atoms with Gasteiger partial charge in [0, 0.05) is 152 Å². The van der Waals surface area contributed by atoms with Crippen molar-refractivity contribution in [3.8, 4) is 0 Å². The molecule has 0 saturated carbocycles. The second-order valence-electron chi connectivity index (χ2n) is 30.0. The number of H-pyrrole nitrogens is 3. The average Bonchev–Trinajstić information content (AvgIpc) is 1.69. The zero-order valence-corrected chi connectivity index (χ0v) is 61.6. The van der Waals surface area contributed by atoms with Gasteiger partial charge in [0.1, 0.15) is 16.9 Å². The number of hydrogen-bond acceptors (Lipinski definition) is 10. The fourth-order valence-electron chi connectivity index (χ4n) is 16.8. The first-order valence-electron chi connectivity index (χ1n) is 36.9. The lowest BCUT2D eigenvalue weighted by molar-refractivity contribution is -0.0660. The smallest absolute Gasteiger partial charge is 0.199 e. The number of aromatic nitrogens is 6. The van der Waals surface area contributed by atoms with E-state index in [4.69, 9.17) is 4.74 Å². The molecule has 10 heterocycles. The van der Waals surface area contributed by atoms with Crippen molar-refractivity contribution in [3.05, 3.63) is 154 Å². The van der Waals surface area contributed by atoms with Gasteiger partial charge in [-0.25, -0.2) is 13.2 Å². The van der Waals surface area contributed by atoms with Gasteiger partial charge in [0.05, 0.1) is 69.0 Å². The average molecular weight is 1370 g/mol. The van der Waals surface area contributed by atoms with Crippen LogP contribution in [0.25, 0.3) is 98.5 Å². The van der Waals surface area contributed by atoms with Crippen molar-refractivity contribution in [1.29, 1.82) is 0 Å². The maximum Gasteiger partial charge on any atom is 0.199 e. The number of ether oxygens (including phenoxy) is 1. The predicted octanol–water partition coefficient (Wildman–Crippen LogP) is 15.5. The van der Waals surface area contributed by atoms with Crippen LogP contribution in [0.3, 0.4) is 0 Å². The van der Waals surface area contributed by atoms with Crippen LogP contribution in [0, 0.1) is 38.2 Å². The molecule has 0 unspecified atom stereocenters. The maximum absolute atomic E-state index is 16.6. The highest BCUT2D eigenvalue weighted by atomic mass is 19.1. The first-order valence-corrected chi connectivity index (χ1v) is 36.9. The number of hydrogen-bond donors (Lipinski definition) is 3. The molecule has 4 aliphatic heterocycles. The zero-order valence-electron chi connectivity index (χ0n) is 61.6. The van der Waals surface area contributed by atoms with E-state index in [-0.39, 0.29) is 51.9 Å². The number of aryl methyl sites for hydroxylation is 6. The van der Waals surface area contributed by atoms with E-state index >= 15 is 13.2 Å². The van der Waals surface area contributed by atoms with E-state index in [1.165, 1.54) is 0 Å². The first-order chi connectivity index (χ1) is 48.4. The summed E-state index contributed by atoms with van der Waals surface area (Å²) in [5.41, 5.74) is 13.8. The zero-order chi connectivity index (χ0) is 71.5. The number of likely N-dealkylation sites (N-methyl/N-ethyl adjacent to an activating group) is 1. The molecular weight excluding hydrogens is 1270 g/mol. The van der Waals surface area contributed by atoms with Gasteiger partial charge in [-0.3, -0.25) is 24.2 Å². The minimum Gasteiger partial charge on any atom is -0.378 e. The van der Waals surface area contributed by atoms with Gasteiger partial charge in [0.25, 0.3) is 0 Å². The van der Waals surface area contributed by atoms with Crippen LogP contribution in [0.5, 0.6) is 0 Å². The van der Waals surface area contributed by atoms with E-state index in [0.29, 0.717) is 114 Å². The molecule has 0 bridgehead atoms. The van der Waals surface area contributed by atoms with Gasteiger partial charge in [-0.2, -0.15) is 0 Å². The second-order valence-corrected chi connectivity index (χ2v) is 30.0. The molecule has 532 valence electrons. The van der Waals surface area contributed by atoms with Crippen LogP contribution < -0.4 is 31.0 Å². The van der Waals surface area contributed by atoms with Gasteiger partial charge in [-0.15, -0.1) is 0 Å². The maximum atomic E-state index is 16.6. The molecule has 19 heteroatoms. The van der Waals surface area contributed by atoms with E-state index in [1.807, 2.05) is 157 Å². The van der Waals surface area contributed by atoms with Gasteiger partial charge >= 0.3 is 0 Å². The van der Waals surface area contributed by atoms with Gasteiger partial charge in [0.2, 0.25) is 0 Å². The van der Waals surface area contributed by atoms with Crippen molar-refractivity contribution in [3.63, 3.8) is 0 Å². The summed E-state index contributed by atoms with van der Waals surface area (Å²) in [6.45, 7) is 40.6. The quantitative estimate of drug-likeness (QED) is 0.115. The Morgan fingerprint density at radius 2 is 0.723 bits per heavy atom. The highest BCUT2D eigenvalue weighted by Gasteiger charge is 2.34. The number of pyridine rings is 3. The molecule has 0 amide bonds. The summed E-state index contributed by atoms with van der Waals surface area (Å²) in [5, 5.41) is 6.04. The van der Waals surface area contributed by atoms with Crippen LogP contribution >= 0.6 is 0 Å². The Hall–Kier alpha value is -8.62. The third kappa shape index (κ3) is 11.8. The van der Waals surface area contributed by atoms with Crippen LogP contribution in [0.2, 0.25) is 0 Å². The third-order valence-electron chi connectivity index (χ3n) is 22.2. The summed E-state index contributed by atoms with van der Waals surface area (Å²) >= 11 is 0. The summed E-state index contributed by atoms with van der Waals surface area (Å²) in [6.07, 6.45) is 2.03. The van der Waals surface area contributed by atoms with Crippen LogP contribution in [0.4, 0.5) is 30.2 Å². The molecule has 6 aromatic heterocycles. The van der Waals surface area contributed by atoms with E-state index in [0.717, 1.165) is 158 Å². The van der Waals surface area contributed by atoms with Crippen molar-refractivity contribution in [2.24, 2.45) is 0 Å². The normalized spacial score (nSPS) is 16.4. The van der Waals surface area contributed by atoms with Gasteiger partial charge < -0.3 is 53.0 Å². The Labute approximate surface area is 588 Å². The van der Waals surface area contributed by atoms with Crippen LogP contribution in [-0.2, 0) is 24.0 Å². The highest BCUT2D eigenvalue weighted by Crippen LogP contribution is 2.41. The van der Waals surface area contributed by atoms with Crippen LogP contribution in [0.1, 0.15) is 128 Å². The van der Waals surface area contributed by atoms with Gasteiger partial charge in [-0.05, 0) is 172 Å². The lowest BCUT2D eigenvalue weighted by Gasteiger charge is -2.43. The van der Waals surface area contributed by atoms with Gasteiger partial charge in [0.15, 0.2) is 33.7 Å². The van der Waals surface area contributed by atoms with Crippen molar-refractivity contribution in [2.75, 3.05) is 113 Å². The van der Waals surface area contributed by atoms with Crippen molar-refractivity contribution in [2.45, 2.75) is 146 Å².